The summed E-state index contributed by atoms with van der Waals surface area (Å²) in [6, 6.07) is 10.8. The number of ketones is 1. The minimum absolute atomic E-state index is 0.0873. The van der Waals surface area contributed by atoms with Gasteiger partial charge in [0.1, 0.15) is 5.82 Å². The molecule has 1 unspecified atom stereocenters. The average molecular weight is 243 g/mol. The molecular weight excluding hydrogens is 229 g/mol. The Hall–Kier alpha value is -2.03. The molecule has 0 fully saturated rings. The largest absolute Gasteiger partial charge is 0.293 e. The van der Waals surface area contributed by atoms with Crippen LogP contribution >= 0.6 is 0 Å². The van der Waals surface area contributed by atoms with Crippen molar-refractivity contribution in [2.45, 2.75) is 19.3 Å². The summed E-state index contributed by atoms with van der Waals surface area (Å²) >= 11 is 0. The number of benzene rings is 1. The van der Waals surface area contributed by atoms with Crippen molar-refractivity contribution < 1.29 is 9.18 Å². The minimum atomic E-state index is -0.483. The molecule has 0 radical (unpaired) electrons. The monoisotopic (exact) mass is 243 g/mol. The molecule has 0 aliphatic rings. The highest BCUT2D eigenvalue weighted by molar-refractivity contribution is 6.00. The highest BCUT2D eigenvalue weighted by atomic mass is 19.1. The van der Waals surface area contributed by atoms with Crippen molar-refractivity contribution in [1.29, 1.82) is 0 Å². The first-order valence-electron chi connectivity index (χ1n) is 5.92. The van der Waals surface area contributed by atoms with Gasteiger partial charge in [-0.2, -0.15) is 0 Å². The molecule has 2 aromatic rings. The van der Waals surface area contributed by atoms with Gasteiger partial charge < -0.3 is 0 Å². The number of pyridine rings is 1. The van der Waals surface area contributed by atoms with E-state index in [0.29, 0.717) is 12.0 Å². The van der Waals surface area contributed by atoms with Crippen LogP contribution in [0.4, 0.5) is 4.39 Å². The van der Waals surface area contributed by atoms with Crippen molar-refractivity contribution in [2.24, 2.45) is 0 Å². The second-order valence-corrected chi connectivity index (χ2v) is 4.13. The fourth-order valence-electron chi connectivity index (χ4n) is 2.01. The van der Waals surface area contributed by atoms with Crippen molar-refractivity contribution in [3.05, 3.63) is 65.7 Å². The Balaban J connectivity index is 2.32. The summed E-state index contributed by atoms with van der Waals surface area (Å²) in [6.45, 7) is 1.95. The number of Topliss-reactive ketones (excluding diaryl/α,β-unsaturated/α-hetero) is 1. The van der Waals surface area contributed by atoms with E-state index in [4.69, 9.17) is 0 Å². The molecule has 0 saturated heterocycles. The molecule has 92 valence electrons. The van der Waals surface area contributed by atoms with Crippen molar-refractivity contribution in [3.8, 4) is 0 Å². The smallest absolute Gasteiger partial charge is 0.171 e. The lowest BCUT2D eigenvalue weighted by atomic mass is 9.89. The van der Waals surface area contributed by atoms with Gasteiger partial charge in [0, 0.05) is 17.7 Å². The Kier molecular flexibility index (Phi) is 3.82. The molecule has 0 amide bonds. The fraction of sp³-hybridized carbons (Fsp3) is 0.200. The van der Waals surface area contributed by atoms with Crippen LogP contribution in [0.25, 0.3) is 0 Å². The van der Waals surface area contributed by atoms with Crippen LogP contribution in [0.3, 0.4) is 0 Å². The van der Waals surface area contributed by atoms with E-state index in [-0.39, 0.29) is 11.7 Å². The molecule has 2 rings (SSSR count). The molecule has 1 atom stereocenters. The summed E-state index contributed by atoms with van der Waals surface area (Å²) in [5.41, 5.74) is 1.28. The third kappa shape index (κ3) is 2.62. The van der Waals surface area contributed by atoms with Crippen molar-refractivity contribution in [1.82, 2.24) is 4.98 Å². The molecule has 1 heterocycles. The third-order valence-electron chi connectivity index (χ3n) is 2.92. The Morgan fingerprint density at radius 3 is 2.61 bits per heavy atom. The van der Waals surface area contributed by atoms with Gasteiger partial charge >= 0.3 is 0 Å². The maximum Gasteiger partial charge on any atom is 0.171 e. The lowest BCUT2D eigenvalue weighted by Gasteiger charge is -2.13. The van der Waals surface area contributed by atoms with Crippen LogP contribution in [-0.2, 0) is 0 Å². The lowest BCUT2D eigenvalue weighted by Crippen LogP contribution is -2.12. The lowest BCUT2D eigenvalue weighted by molar-refractivity contribution is 0.0956. The molecule has 0 N–H and O–H groups in total. The van der Waals surface area contributed by atoms with Gasteiger partial charge in [0.2, 0.25) is 0 Å². The Labute approximate surface area is 105 Å². The minimum Gasteiger partial charge on any atom is -0.293 e. The zero-order chi connectivity index (χ0) is 13.0. The Morgan fingerprint density at radius 2 is 2.00 bits per heavy atom. The topological polar surface area (TPSA) is 30.0 Å². The van der Waals surface area contributed by atoms with Gasteiger partial charge in [-0.1, -0.05) is 37.3 Å². The van der Waals surface area contributed by atoms with Gasteiger partial charge in [-0.25, -0.2) is 4.39 Å². The fourth-order valence-corrected chi connectivity index (χ4v) is 2.01. The second-order valence-electron chi connectivity index (χ2n) is 4.13. The van der Waals surface area contributed by atoms with Crippen molar-refractivity contribution in [2.75, 3.05) is 0 Å². The van der Waals surface area contributed by atoms with Crippen LogP contribution < -0.4 is 0 Å². The van der Waals surface area contributed by atoms with E-state index in [1.807, 2.05) is 37.3 Å². The van der Waals surface area contributed by atoms with Gasteiger partial charge in [-0.15, -0.1) is 0 Å². The van der Waals surface area contributed by atoms with E-state index in [1.54, 1.807) is 0 Å². The number of carbonyl (C=O) groups is 1. The molecule has 0 bridgehead atoms. The van der Waals surface area contributed by atoms with Crippen LogP contribution in [0.2, 0.25) is 0 Å². The van der Waals surface area contributed by atoms with Gasteiger partial charge in [0.05, 0.1) is 6.20 Å². The maximum atomic E-state index is 13.1. The SMILES string of the molecule is CCC(C(=O)c1cncc(F)c1)c1ccccc1. The normalized spacial score (nSPS) is 12.1. The van der Waals surface area contributed by atoms with E-state index in [2.05, 4.69) is 4.98 Å². The van der Waals surface area contributed by atoms with Gasteiger partial charge in [0.25, 0.3) is 0 Å². The van der Waals surface area contributed by atoms with E-state index in [0.717, 1.165) is 11.8 Å². The van der Waals surface area contributed by atoms with E-state index in [9.17, 15) is 9.18 Å². The van der Waals surface area contributed by atoms with Crippen LogP contribution in [0.5, 0.6) is 0 Å². The first-order valence-corrected chi connectivity index (χ1v) is 5.92. The molecule has 0 aliphatic heterocycles. The van der Waals surface area contributed by atoms with E-state index < -0.39 is 5.82 Å². The number of hydrogen-bond acceptors (Lipinski definition) is 2. The Bertz CT molecular complexity index is 539. The predicted molar refractivity (Wildman–Crippen MR) is 68.0 cm³/mol. The average Bonchev–Trinajstić information content (AvgIpc) is 2.41. The first-order chi connectivity index (χ1) is 8.72. The van der Waals surface area contributed by atoms with E-state index in [1.165, 1.54) is 12.3 Å². The summed E-state index contributed by atoms with van der Waals surface area (Å²) in [5.74, 6) is -0.811. The quantitative estimate of drug-likeness (QED) is 0.768. The van der Waals surface area contributed by atoms with Crippen LogP contribution in [-0.4, -0.2) is 10.8 Å². The number of carbonyl (C=O) groups excluding carboxylic acids is 1. The molecule has 2 nitrogen and oxygen atoms in total. The predicted octanol–water partition coefficient (Wildman–Crippen LogP) is 3.60. The first kappa shape index (κ1) is 12.4. The van der Waals surface area contributed by atoms with Crippen LogP contribution in [0, 0.1) is 5.82 Å². The summed E-state index contributed by atoms with van der Waals surface area (Å²) in [6.07, 6.45) is 3.19. The summed E-state index contributed by atoms with van der Waals surface area (Å²) in [5, 5.41) is 0. The van der Waals surface area contributed by atoms with Crippen molar-refractivity contribution >= 4 is 5.78 Å². The summed E-state index contributed by atoms with van der Waals surface area (Å²) in [7, 11) is 0. The Morgan fingerprint density at radius 1 is 1.28 bits per heavy atom. The number of aromatic nitrogens is 1. The zero-order valence-electron chi connectivity index (χ0n) is 10.1. The molecule has 1 aromatic carbocycles. The maximum absolute atomic E-state index is 13.1. The second kappa shape index (κ2) is 5.54. The number of hydrogen-bond donors (Lipinski definition) is 0. The van der Waals surface area contributed by atoms with Gasteiger partial charge in [0.15, 0.2) is 5.78 Å². The summed E-state index contributed by atoms with van der Waals surface area (Å²) < 4.78 is 13.1. The number of rotatable bonds is 4. The third-order valence-corrected chi connectivity index (χ3v) is 2.92. The molecule has 18 heavy (non-hydrogen) atoms. The zero-order valence-corrected chi connectivity index (χ0v) is 10.1. The standard InChI is InChI=1S/C15H14FNO/c1-2-14(11-6-4-3-5-7-11)15(18)12-8-13(16)10-17-9-12/h3-10,14H,2H2,1H3. The highest BCUT2D eigenvalue weighted by Gasteiger charge is 2.20. The van der Waals surface area contributed by atoms with Crippen molar-refractivity contribution in [3.63, 3.8) is 0 Å². The molecular formula is C15H14FNO. The number of nitrogens with zero attached hydrogens (tertiary/aromatic N) is 1. The molecule has 0 saturated carbocycles. The number of halogens is 1. The van der Waals surface area contributed by atoms with Gasteiger partial charge in [-0.3, -0.25) is 9.78 Å². The highest BCUT2D eigenvalue weighted by Crippen LogP contribution is 2.23. The summed E-state index contributed by atoms with van der Waals surface area (Å²) in [4.78, 5) is 16.0. The molecule has 3 heteroatoms. The van der Waals surface area contributed by atoms with Gasteiger partial charge in [-0.05, 0) is 18.1 Å². The molecule has 0 spiro atoms. The molecule has 1 aromatic heterocycles. The van der Waals surface area contributed by atoms with Crippen LogP contribution in [0.15, 0.2) is 48.8 Å². The molecule has 0 aliphatic carbocycles. The van der Waals surface area contributed by atoms with E-state index >= 15 is 0 Å². The van der Waals surface area contributed by atoms with Crippen LogP contribution in [0.1, 0.15) is 35.2 Å².